The minimum atomic E-state index is -0.680. The molecule has 0 bridgehead atoms. The van der Waals surface area contributed by atoms with Gasteiger partial charge in [-0.2, -0.15) is 0 Å². The summed E-state index contributed by atoms with van der Waals surface area (Å²) in [6.45, 7) is -0.121. The molecule has 30 heavy (non-hydrogen) atoms. The van der Waals surface area contributed by atoms with Gasteiger partial charge < -0.3 is 19.4 Å². The highest BCUT2D eigenvalue weighted by Crippen LogP contribution is 2.23. The fourth-order valence-corrected chi connectivity index (χ4v) is 2.96. The number of nitro benzene ring substituents is 1. The minimum Gasteiger partial charge on any atom is -0.465 e. The predicted molar refractivity (Wildman–Crippen MR) is 106 cm³/mol. The largest absolute Gasteiger partial charge is 0.465 e. The molecule has 10 heteroatoms. The van der Waals surface area contributed by atoms with E-state index >= 15 is 0 Å². The summed E-state index contributed by atoms with van der Waals surface area (Å²) in [7, 11) is 2.42. The molecule has 154 valence electrons. The summed E-state index contributed by atoms with van der Waals surface area (Å²) in [5.74, 6) is -1.78. The number of nitrogens with one attached hydrogen (secondary N) is 1. The maximum Gasteiger partial charge on any atom is 0.339 e. The van der Waals surface area contributed by atoms with Gasteiger partial charge in [0.1, 0.15) is 6.54 Å². The van der Waals surface area contributed by atoms with Crippen LogP contribution in [0.25, 0.3) is 10.9 Å². The average Bonchev–Trinajstić information content (AvgIpc) is 3.14. The molecule has 1 heterocycles. The van der Waals surface area contributed by atoms with E-state index in [-0.39, 0.29) is 29.0 Å². The second-order valence-electron chi connectivity index (χ2n) is 6.24. The molecule has 1 N–H and O–H groups in total. The molecule has 0 fully saturated rings. The maximum atomic E-state index is 12.6. The third-order valence-corrected chi connectivity index (χ3v) is 4.40. The first-order valence-electron chi connectivity index (χ1n) is 8.68. The molecule has 0 saturated heterocycles. The number of rotatable bonds is 6. The van der Waals surface area contributed by atoms with E-state index in [1.54, 1.807) is 22.9 Å². The Balaban J connectivity index is 1.86. The monoisotopic (exact) mass is 411 g/mol. The molecule has 3 aromatic rings. The van der Waals surface area contributed by atoms with Crippen LogP contribution in [-0.2, 0) is 20.8 Å². The molecule has 0 spiro atoms. The number of aromatic nitrogens is 1. The van der Waals surface area contributed by atoms with Gasteiger partial charge in [-0.25, -0.2) is 9.59 Å². The number of anilines is 1. The molecule has 0 aliphatic carbocycles. The lowest BCUT2D eigenvalue weighted by Crippen LogP contribution is -2.20. The van der Waals surface area contributed by atoms with E-state index in [1.807, 2.05) is 0 Å². The number of non-ortho nitro benzene ring substituents is 1. The molecule has 1 amide bonds. The van der Waals surface area contributed by atoms with Crippen LogP contribution in [0.2, 0.25) is 0 Å². The number of amides is 1. The van der Waals surface area contributed by atoms with Crippen LogP contribution in [0.5, 0.6) is 0 Å². The van der Waals surface area contributed by atoms with Crippen molar-refractivity contribution >= 4 is 40.1 Å². The normalized spacial score (nSPS) is 10.5. The lowest BCUT2D eigenvalue weighted by Gasteiger charge is -2.12. The number of hydrogen-bond donors (Lipinski definition) is 1. The zero-order valence-electron chi connectivity index (χ0n) is 16.1. The summed E-state index contributed by atoms with van der Waals surface area (Å²) >= 11 is 0. The summed E-state index contributed by atoms with van der Waals surface area (Å²) in [4.78, 5) is 46.8. The lowest BCUT2D eigenvalue weighted by molar-refractivity contribution is -0.384. The molecular weight excluding hydrogens is 394 g/mol. The smallest absolute Gasteiger partial charge is 0.339 e. The van der Waals surface area contributed by atoms with Gasteiger partial charge in [-0.05, 0) is 30.3 Å². The minimum absolute atomic E-state index is 0.0490. The first kappa shape index (κ1) is 20.5. The van der Waals surface area contributed by atoms with Crippen molar-refractivity contribution < 1.29 is 28.8 Å². The van der Waals surface area contributed by atoms with Crippen molar-refractivity contribution in [2.75, 3.05) is 19.5 Å². The third kappa shape index (κ3) is 4.12. The van der Waals surface area contributed by atoms with E-state index in [1.165, 1.54) is 44.6 Å². The second-order valence-corrected chi connectivity index (χ2v) is 6.24. The third-order valence-electron chi connectivity index (χ3n) is 4.40. The van der Waals surface area contributed by atoms with Gasteiger partial charge in [0, 0.05) is 29.2 Å². The zero-order chi connectivity index (χ0) is 21.8. The number of carbonyl (C=O) groups is 3. The van der Waals surface area contributed by atoms with E-state index in [9.17, 15) is 24.5 Å². The number of hydrogen-bond acceptors (Lipinski definition) is 7. The van der Waals surface area contributed by atoms with E-state index in [0.29, 0.717) is 10.9 Å². The quantitative estimate of drug-likeness (QED) is 0.375. The molecule has 0 aliphatic rings. The summed E-state index contributed by atoms with van der Waals surface area (Å²) in [5.41, 5.74) is 0.909. The molecule has 0 saturated carbocycles. The van der Waals surface area contributed by atoms with E-state index in [2.05, 4.69) is 10.1 Å². The molecule has 0 unspecified atom stereocenters. The number of nitro groups is 1. The number of benzene rings is 2. The molecular formula is C20H17N3O7. The van der Waals surface area contributed by atoms with Crippen molar-refractivity contribution in [2.45, 2.75) is 6.54 Å². The van der Waals surface area contributed by atoms with Crippen molar-refractivity contribution in [1.29, 1.82) is 0 Å². The average molecular weight is 411 g/mol. The van der Waals surface area contributed by atoms with Crippen molar-refractivity contribution in [3.05, 3.63) is 69.9 Å². The van der Waals surface area contributed by atoms with Gasteiger partial charge in [-0.1, -0.05) is 0 Å². The van der Waals surface area contributed by atoms with Gasteiger partial charge in [0.05, 0.1) is 36.0 Å². The molecule has 0 atom stereocenters. The number of methoxy groups -OCH3 is 2. The Kier molecular flexibility index (Phi) is 5.77. The van der Waals surface area contributed by atoms with Crippen LogP contribution in [-0.4, -0.2) is 41.6 Å². The van der Waals surface area contributed by atoms with E-state index in [0.717, 1.165) is 0 Å². The highest BCUT2D eigenvalue weighted by Gasteiger charge is 2.18. The Morgan fingerprint density at radius 2 is 1.77 bits per heavy atom. The first-order chi connectivity index (χ1) is 14.3. The van der Waals surface area contributed by atoms with Crippen LogP contribution in [0.4, 0.5) is 11.4 Å². The molecule has 0 aliphatic heterocycles. The highest BCUT2D eigenvalue weighted by atomic mass is 16.6. The lowest BCUT2D eigenvalue weighted by atomic mass is 10.1. The number of esters is 2. The Hall–Kier alpha value is -4.21. The SMILES string of the molecule is COC(=O)c1ccc(C(=O)OC)c(NC(=O)Cn2ccc3cc([N+](=O)[O-])ccc32)c1. The summed E-state index contributed by atoms with van der Waals surface area (Å²) < 4.78 is 11.0. The van der Waals surface area contributed by atoms with Gasteiger partial charge in [0.25, 0.3) is 5.69 Å². The van der Waals surface area contributed by atoms with E-state index in [4.69, 9.17) is 4.74 Å². The summed E-state index contributed by atoms with van der Waals surface area (Å²) in [6, 6.07) is 10.1. The maximum absolute atomic E-state index is 12.6. The Morgan fingerprint density at radius 1 is 1.03 bits per heavy atom. The van der Waals surface area contributed by atoms with Gasteiger partial charge in [0.2, 0.25) is 5.91 Å². The van der Waals surface area contributed by atoms with Crippen molar-refractivity contribution in [3.8, 4) is 0 Å². The van der Waals surface area contributed by atoms with Gasteiger partial charge in [-0.3, -0.25) is 14.9 Å². The summed E-state index contributed by atoms with van der Waals surface area (Å²) in [5, 5.41) is 14.1. The van der Waals surface area contributed by atoms with E-state index < -0.39 is 22.8 Å². The number of ether oxygens (including phenoxy) is 2. The molecule has 1 aromatic heterocycles. The van der Waals surface area contributed by atoms with Crippen LogP contribution >= 0.6 is 0 Å². The van der Waals surface area contributed by atoms with Crippen LogP contribution < -0.4 is 5.32 Å². The molecule has 0 radical (unpaired) electrons. The fraction of sp³-hybridized carbons (Fsp3) is 0.150. The van der Waals surface area contributed by atoms with Crippen molar-refractivity contribution in [2.24, 2.45) is 0 Å². The fourth-order valence-electron chi connectivity index (χ4n) is 2.96. The molecule has 10 nitrogen and oxygen atoms in total. The van der Waals surface area contributed by atoms with Crippen LogP contribution in [0, 0.1) is 10.1 Å². The van der Waals surface area contributed by atoms with Gasteiger partial charge in [0.15, 0.2) is 0 Å². The van der Waals surface area contributed by atoms with Gasteiger partial charge >= 0.3 is 11.9 Å². The van der Waals surface area contributed by atoms with Crippen molar-refractivity contribution in [3.63, 3.8) is 0 Å². The molecule has 2 aromatic carbocycles. The number of fused-ring (bicyclic) bond motifs is 1. The van der Waals surface area contributed by atoms with Crippen molar-refractivity contribution in [1.82, 2.24) is 4.57 Å². The number of nitrogens with zero attached hydrogens (tertiary/aromatic N) is 2. The number of carbonyl (C=O) groups excluding carboxylic acids is 3. The Bertz CT molecular complexity index is 1170. The first-order valence-corrected chi connectivity index (χ1v) is 8.68. The standard InChI is InChI=1S/C20H17N3O7/c1-29-19(25)13-3-5-15(20(26)30-2)16(10-13)21-18(24)11-22-8-7-12-9-14(23(27)28)4-6-17(12)22/h3-10H,11H2,1-2H3,(H,21,24). The summed E-state index contributed by atoms with van der Waals surface area (Å²) in [6.07, 6.45) is 1.63. The predicted octanol–water partition coefficient (Wildman–Crippen LogP) is 2.76. The Morgan fingerprint density at radius 3 is 2.43 bits per heavy atom. The zero-order valence-corrected chi connectivity index (χ0v) is 16.1. The van der Waals surface area contributed by atoms with Crippen LogP contribution in [0.15, 0.2) is 48.7 Å². The van der Waals surface area contributed by atoms with Crippen LogP contribution in [0.1, 0.15) is 20.7 Å². The van der Waals surface area contributed by atoms with Crippen LogP contribution in [0.3, 0.4) is 0 Å². The Labute approximate surface area is 170 Å². The topological polar surface area (TPSA) is 130 Å². The second kappa shape index (κ2) is 8.43. The highest BCUT2D eigenvalue weighted by molar-refractivity contribution is 6.03. The van der Waals surface area contributed by atoms with Gasteiger partial charge in [-0.15, -0.1) is 0 Å². The molecule has 3 rings (SSSR count).